The molecule has 4 rings (SSSR count). The van der Waals surface area contributed by atoms with Gasteiger partial charge < -0.3 is 10.2 Å². The fourth-order valence-electron chi connectivity index (χ4n) is 3.44. The predicted molar refractivity (Wildman–Crippen MR) is 99.7 cm³/mol. The molecule has 124 valence electrons. The number of benzene rings is 3. The molecule has 1 unspecified atom stereocenters. The summed E-state index contributed by atoms with van der Waals surface area (Å²) in [6.45, 7) is 1.96. The Balaban J connectivity index is 1.57. The Labute approximate surface area is 146 Å². The smallest absolute Gasteiger partial charge is 0.316 e. The lowest BCUT2D eigenvalue weighted by molar-refractivity contribution is -0.134. The third-order valence-corrected chi connectivity index (χ3v) is 4.63. The van der Waals surface area contributed by atoms with Crippen molar-refractivity contribution in [1.82, 2.24) is 0 Å². The molecule has 2 amide bonds. The van der Waals surface area contributed by atoms with Crippen LogP contribution in [0.5, 0.6) is 0 Å². The summed E-state index contributed by atoms with van der Waals surface area (Å²) in [6, 6.07) is 21.2. The van der Waals surface area contributed by atoms with E-state index in [1.165, 1.54) is 0 Å². The van der Waals surface area contributed by atoms with Crippen molar-refractivity contribution < 1.29 is 9.59 Å². The Kier molecular flexibility index (Phi) is 3.73. The van der Waals surface area contributed by atoms with Crippen molar-refractivity contribution in [3.05, 3.63) is 72.3 Å². The summed E-state index contributed by atoms with van der Waals surface area (Å²) in [7, 11) is 0. The van der Waals surface area contributed by atoms with Crippen LogP contribution in [0.25, 0.3) is 10.8 Å². The number of carbonyl (C=O) groups excluding carboxylic acids is 2. The van der Waals surface area contributed by atoms with Gasteiger partial charge in [0.05, 0.1) is 0 Å². The zero-order valence-electron chi connectivity index (χ0n) is 13.9. The van der Waals surface area contributed by atoms with Crippen molar-refractivity contribution >= 4 is 34.0 Å². The normalized spacial score (nSPS) is 15.9. The number of nitrogens with zero attached hydrogens (tertiary/aromatic N) is 1. The maximum atomic E-state index is 12.7. The third kappa shape index (κ3) is 2.76. The van der Waals surface area contributed by atoms with Gasteiger partial charge in [-0.1, -0.05) is 48.5 Å². The van der Waals surface area contributed by atoms with Crippen LogP contribution in [0, 0.1) is 0 Å². The molecule has 0 fully saturated rings. The van der Waals surface area contributed by atoms with Crippen LogP contribution in [0.3, 0.4) is 0 Å². The molecular formula is C21H18N2O2. The first-order valence-electron chi connectivity index (χ1n) is 8.35. The van der Waals surface area contributed by atoms with Crippen LogP contribution in [0.4, 0.5) is 11.4 Å². The second kappa shape index (κ2) is 6.06. The Hall–Kier alpha value is -3.14. The molecule has 3 aromatic carbocycles. The largest absolute Gasteiger partial charge is 0.318 e. The highest BCUT2D eigenvalue weighted by atomic mass is 16.2. The molecule has 0 aromatic heterocycles. The van der Waals surface area contributed by atoms with E-state index in [0.717, 1.165) is 28.4 Å². The lowest BCUT2D eigenvalue weighted by Crippen LogP contribution is -2.43. The maximum Gasteiger partial charge on any atom is 0.316 e. The van der Waals surface area contributed by atoms with Crippen molar-refractivity contribution in [2.24, 2.45) is 0 Å². The Morgan fingerprint density at radius 2 is 1.68 bits per heavy atom. The molecular weight excluding hydrogens is 312 g/mol. The monoisotopic (exact) mass is 330 g/mol. The van der Waals surface area contributed by atoms with E-state index in [0.29, 0.717) is 5.69 Å². The fraction of sp³-hybridized carbons (Fsp3) is 0.143. The first-order valence-corrected chi connectivity index (χ1v) is 8.35. The number of fused-ring (bicyclic) bond motifs is 2. The van der Waals surface area contributed by atoms with Gasteiger partial charge in [-0.2, -0.15) is 0 Å². The molecule has 0 spiro atoms. The minimum atomic E-state index is -0.612. The summed E-state index contributed by atoms with van der Waals surface area (Å²) in [5.74, 6) is -1.13. The molecule has 0 aliphatic carbocycles. The molecule has 0 radical (unpaired) electrons. The number of para-hydroxylation sites is 1. The van der Waals surface area contributed by atoms with Gasteiger partial charge in [-0.05, 0) is 47.9 Å². The van der Waals surface area contributed by atoms with E-state index < -0.39 is 11.8 Å². The quantitative estimate of drug-likeness (QED) is 0.691. The molecule has 1 heterocycles. The summed E-state index contributed by atoms with van der Waals surface area (Å²) < 4.78 is 0. The average Bonchev–Trinajstić information content (AvgIpc) is 2.96. The van der Waals surface area contributed by atoms with Crippen molar-refractivity contribution in [3.8, 4) is 0 Å². The highest BCUT2D eigenvalue weighted by Crippen LogP contribution is 2.32. The van der Waals surface area contributed by atoms with Crippen LogP contribution >= 0.6 is 0 Å². The van der Waals surface area contributed by atoms with Crippen molar-refractivity contribution in [1.29, 1.82) is 0 Å². The number of carbonyl (C=O) groups is 2. The SMILES string of the molecule is CC1Cc2ccccc2N1C(=O)C(=O)Nc1ccc2ccccc2c1. The van der Waals surface area contributed by atoms with Crippen molar-refractivity contribution in [3.63, 3.8) is 0 Å². The van der Waals surface area contributed by atoms with Crippen LogP contribution in [-0.4, -0.2) is 17.9 Å². The summed E-state index contributed by atoms with van der Waals surface area (Å²) >= 11 is 0. The number of hydrogen-bond donors (Lipinski definition) is 1. The van der Waals surface area contributed by atoms with Gasteiger partial charge in [0.15, 0.2) is 0 Å². The molecule has 1 aliphatic rings. The molecule has 1 aliphatic heterocycles. The van der Waals surface area contributed by atoms with Crippen LogP contribution in [0.2, 0.25) is 0 Å². The molecule has 4 nitrogen and oxygen atoms in total. The first-order chi connectivity index (χ1) is 12.1. The van der Waals surface area contributed by atoms with Gasteiger partial charge in [0.1, 0.15) is 0 Å². The van der Waals surface area contributed by atoms with E-state index in [-0.39, 0.29) is 6.04 Å². The molecule has 1 N–H and O–H groups in total. The summed E-state index contributed by atoms with van der Waals surface area (Å²) in [5.41, 5.74) is 2.55. The van der Waals surface area contributed by atoms with Gasteiger partial charge >= 0.3 is 11.8 Å². The van der Waals surface area contributed by atoms with Gasteiger partial charge in [-0.25, -0.2) is 0 Å². The van der Waals surface area contributed by atoms with Crippen molar-refractivity contribution in [2.75, 3.05) is 10.2 Å². The van der Waals surface area contributed by atoms with Gasteiger partial charge in [-0.3, -0.25) is 9.59 Å². The molecule has 0 saturated carbocycles. The summed E-state index contributed by atoms with van der Waals surface area (Å²) in [5, 5.41) is 4.84. The van der Waals surface area contributed by atoms with Crippen LogP contribution in [0.15, 0.2) is 66.7 Å². The second-order valence-corrected chi connectivity index (χ2v) is 6.37. The van der Waals surface area contributed by atoms with E-state index in [1.807, 2.05) is 73.7 Å². The van der Waals surface area contributed by atoms with E-state index in [2.05, 4.69) is 5.32 Å². The topological polar surface area (TPSA) is 49.4 Å². The maximum absolute atomic E-state index is 12.7. The first kappa shape index (κ1) is 15.4. The number of nitrogens with one attached hydrogen (secondary N) is 1. The molecule has 4 heteroatoms. The highest BCUT2D eigenvalue weighted by Gasteiger charge is 2.34. The standard InChI is InChI=1S/C21H18N2O2/c1-14-12-17-8-4-5-9-19(17)23(14)21(25)20(24)22-18-11-10-15-6-2-3-7-16(15)13-18/h2-11,13-14H,12H2,1H3,(H,22,24). The van der Waals surface area contributed by atoms with Gasteiger partial charge in [-0.15, -0.1) is 0 Å². The summed E-state index contributed by atoms with van der Waals surface area (Å²) in [4.78, 5) is 26.8. The minimum Gasteiger partial charge on any atom is -0.318 e. The molecule has 3 aromatic rings. The van der Waals surface area contributed by atoms with Crippen molar-refractivity contribution in [2.45, 2.75) is 19.4 Å². The van der Waals surface area contributed by atoms with Crippen LogP contribution in [0.1, 0.15) is 12.5 Å². The Bertz CT molecular complexity index is 980. The number of hydrogen-bond acceptors (Lipinski definition) is 2. The zero-order chi connectivity index (χ0) is 17.4. The van der Waals surface area contributed by atoms with Gasteiger partial charge in [0, 0.05) is 17.4 Å². The zero-order valence-corrected chi connectivity index (χ0v) is 13.9. The average molecular weight is 330 g/mol. The van der Waals surface area contributed by atoms with Crippen LogP contribution < -0.4 is 10.2 Å². The van der Waals surface area contributed by atoms with E-state index in [4.69, 9.17) is 0 Å². The van der Waals surface area contributed by atoms with E-state index in [1.54, 1.807) is 4.90 Å². The molecule has 0 saturated heterocycles. The van der Waals surface area contributed by atoms with E-state index >= 15 is 0 Å². The lowest BCUT2D eigenvalue weighted by atomic mass is 10.1. The number of rotatable bonds is 1. The Morgan fingerprint density at radius 1 is 0.960 bits per heavy atom. The molecule has 25 heavy (non-hydrogen) atoms. The Morgan fingerprint density at radius 3 is 2.52 bits per heavy atom. The van der Waals surface area contributed by atoms with Gasteiger partial charge in [0.2, 0.25) is 0 Å². The number of anilines is 2. The fourth-order valence-corrected chi connectivity index (χ4v) is 3.44. The van der Waals surface area contributed by atoms with Gasteiger partial charge in [0.25, 0.3) is 0 Å². The summed E-state index contributed by atoms with van der Waals surface area (Å²) in [6.07, 6.45) is 0.769. The third-order valence-electron chi connectivity index (χ3n) is 4.63. The predicted octanol–water partition coefficient (Wildman–Crippen LogP) is 3.76. The van der Waals surface area contributed by atoms with Crippen LogP contribution in [-0.2, 0) is 16.0 Å². The number of amides is 2. The molecule has 1 atom stereocenters. The minimum absolute atomic E-state index is 0.0211. The lowest BCUT2D eigenvalue weighted by Gasteiger charge is -2.22. The second-order valence-electron chi connectivity index (χ2n) is 6.37. The van der Waals surface area contributed by atoms with E-state index in [9.17, 15) is 9.59 Å². The highest BCUT2D eigenvalue weighted by molar-refractivity contribution is 6.44. The molecule has 0 bridgehead atoms.